The second-order valence-corrected chi connectivity index (χ2v) is 7.40. The maximum absolute atomic E-state index is 12.2. The summed E-state index contributed by atoms with van der Waals surface area (Å²) in [5.41, 5.74) is 5.42. The van der Waals surface area contributed by atoms with Crippen LogP contribution in [0.3, 0.4) is 0 Å². The Morgan fingerprint density at radius 2 is 2.33 bits per heavy atom. The van der Waals surface area contributed by atoms with Gasteiger partial charge < -0.3 is 5.73 Å². The lowest BCUT2D eigenvalue weighted by atomic mass is 10.2. The van der Waals surface area contributed by atoms with E-state index in [4.69, 9.17) is 5.73 Å². The zero-order valence-electron chi connectivity index (χ0n) is 11.8. The molecule has 0 aromatic carbocycles. The molecule has 116 valence electrons. The smallest absolute Gasteiger partial charge is 0.243 e. The van der Waals surface area contributed by atoms with Gasteiger partial charge in [0.25, 0.3) is 0 Å². The standard InChI is InChI=1S/C12H19N5O2S2/c1-10(12-14-4-6-20-12)7-16-21(18,19)11-8-15-17(9-11)5-2-3-13/h4,6,8-10,16H,2-3,5,7,13H2,1H3. The van der Waals surface area contributed by atoms with E-state index in [1.807, 2.05) is 12.3 Å². The van der Waals surface area contributed by atoms with Gasteiger partial charge in [-0.05, 0) is 13.0 Å². The van der Waals surface area contributed by atoms with Gasteiger partial charge in [0.15, 0.2) is 0 Å². The molecule has 0 bridgehead atoms. The van der Waals surface area contributed by atoms with Crippen molar-refractivity contribution in [3.05, 3.63) is 29.0 Å². The monoisotopic (exact) mass is 329 g/mol. The summed E-state index contributed by atoms with van der Waals surface area (Å²) in [6, 6.07) is 0. The third-order valence-corrected chi connectivity index (χ3v) is 5.35. The Bertz CT molecular complexity index is 651. The van der Waals surface area contributed by atoms with Crippen LogP contribution in [0.25, 0.3) is 0 Å². The minimum Gasteiger partial charge on any atom is -0.330 e. The maximum atomic E-state index is 12.2. The predicted octanol–water partition coefficient (Wildman–Crippen LogP) is 0.770. The lowest BCUT2D eigenvalue weighted by Gasteiger charge is -2.09. The van der Waals surface area contributed by atoms with Crippen LogP contribution in [-0.2, 0) is 16.6 Å². The summed E-state index contributed by atoms with van der Waals surface area (Å²) in [4.78, 5) is 4.35. The van der Waals surface area contributed by atoms with Crippen LogP contribution < -0.4 is 10.5 Å². The van der Waals surface area contributed by atoms with E-state index in [0.717, 1.165) is 11.4 Å². The quantitative estimate of drug-likeness (QED) is 0.744. The highest BCUT2D eigenvalue weighted by Crippen LogP contribution is 2.17. The molecule has 2 rings (SSSR count). The zero-order chi connectivity index (χ0) is 15.3. The summed E-state index contributed by atoms with van der Waals surface area (Å²) in [6.45, 7) is 3.41. The van der Waals surface area contributed by atoms with Crippen molar-refractivity contribution in [1.29, 1.82) is 0 Å². The lowest BCUT2D eigenvalue weighted by Crippen LogP contribution is -2.27. The van der Waals surface area contributed by atoms with Gasteiger partial charge in [-0.15, -0.1) is 11.3 Å². The lowest BCUT2D eigenvalue weighted by molar-refractivity contribution is 0.571. The van der Waals surface area contributed by atoms with Crippen molar-refractivity contribution in [3.63, 3.8) is 0 Å². The van der Waals surface area contributed by atoms with Gasteiger partial charge in [0.2, 0.25) is 10.0 Å². The number of hydrogen-bond acceptors (Lipinski definition) is 6. The van der Waals surface area contributed by atoms with Crippen LogP contribution in [0.5, 0.6) is 0 Å². The molecule has 2 aromatic rings. The Morgan fingerprint density at radius 3 is 3.00 bits per heavy atom. The van der Waals surface area contributed by atoms with Crippen molar-refractivity contribution >= 4 is 21.4 Å². The van der Waals surface area contributed by atoms with Crippen molar-refractivity contribution in [2.24, 2.45) is 5.73 Å². The molecular formula is C12H19N5O2S2. The van der Waals surface area contributed by atoms with Gasteiger partial charge in [-0.2, -0.15) is 5.10 Å². The molecule has 9 heteroatoms. The van der Waals surface area contributed by atoms with Crippen LogP contribution in [0.15, 0.2) is 28.9 Å². The van der Waals surface area contributed by atoms with E-state index in [9.17, 15) is 8.42 Å². The largest absolute Gasteiger partial charge is 0.330 e. The second-order valence-electron chi connectivity index (χ2n) is 4.70. The topological polar surface area (TPSA) is 103 Å². The third-order valence-electron chi connectivity index (χ3n) is 2.96. The highest BCUT2D eigenvalue weighted by molar-refractivity contribution is 7.89. The fourth-order valence-electron chi connectivity index (χ4n) is 1.74. The number of sulfonamides is 1. The van der Waals surface area contributed by atoms with Gasteiger partial charge in [0, 0.05) is 36.8 Å². The first kappa shape index (κ1) is 16.1. The van der Waals surface area contributed by atoms with Crippen LogP contribution in [-0.4, -0.2) is 36.3 Å². The molecule has 0 fully saturated rings. The van der Waals surface area contributed by atoms with Gasteiger partial charge in [0.1, 0.15) is 4.90 Å². The minimum atomic E-state index is -3.54. The van der Waals surface area contributed by atoms with E-state index >= 15 is 0 Å². The molecule has 0 aliphatic heterocycles. The Morgan fingerprint density at radius 1 is 1.52 bits per heavy atom. The summed E-state index contributed by atoms with van der Waals surface area (Å²) in [7, 11) is -3.54. The molecule has 0 amide bonds. The Labute approximate surface area is 128 Å². The van der Waals surface area contributed by atoms with Crippen molar-refractivity contribution < 1.29 is 8.42 Å². The van der Waals surface area contributed by atoms with Gasteiger partial charge >= 0.3 is 0 Å². The summed E-state index contributed by atoms with van der Waals surface area (Å²) in [5.74, 6) is 0.0343. The van der Waals surface area contributed by atoms with Crippen molar-refractivity contribution in [2.75, 3.05) is 13.1 Å². The molecule has 1 atom stereocenters. The number of aromatic nitrogens is 3. The van der Waals surface area contributed by atoms with Crippen molar-refractivity contribution in [1.82, 2.24) is 19.5 Å². The average Bonchev–Trinajstić information content (AvgIpc) is 3.13. The summed E-state index contributed by atoms with van der Waals surface area (Å²) < 4.78 is 28.6. The molecular weight excluding hydrogens is 310 g/mol. The molecule has 0 aliphatic carbocycles. The van der Waals surface area contributed by atoms with Crippen molar-refractivity contribution in [2.45, 2.75) is 30.7 Å². The van der Waals surface area contributed by atoms with Crippen LogP contribution in [0.1, 0.15) is 24.3 Å². The van der Waals surface area contributed by atoms with Crippen LogP contribution >= 0.6 is 11.3 Å². The Balaban J connectivity index is 1.96. The van der Waals surface area contributed by atoms with E-state index in [0.29, 0.717) is 19.6 Å². The summed E-state index contributed by atoms with van der Waals surface area (Å²) in [6.07, 6.45) is 5.35. The predicted molar refractivity (Wildman–Crippen MR) is 81.6 cm³/mol. The number of hydrogen-bond donors (Lipinski definition) is 2. The van der Waals surface area contributed by atoms with Gasteiger partial charge in [-0.3, -0.25) is 4.68 Å². The van der Waals surface area contributed by atoms with Crippen LogP contribution in [0.2, 0.25) is 0 Å². The molecule has 2 aromatic heterocycles. The van der Waals surface area contributed by atoms with Crippen LogP contribution in [0, 0.1) is 0 Å². The fraction of sp³-hybridized carbons (Fsp3) is 0.500. The highest BCUT2D eigenvalue weighted by atomic mass is 32.2. The number of rotatable bonds is 8. The van der Waals surface area contributed by atoms with E-state index < -0.39 is 10.0 Å². The minimum absolute atomic E-state index is 0.0343. The number of nitrogens with one attached hydrogen (secondary N) is 1. The van der Waals surface area contributed by atoms with Gasteiger partial charge in [-0.1, -0.05) is 6.92 Å². The third kappa shape index (κ3) is 4.34. The number of nitrogens with zero attached hydrogens (tertiary/aromatic N) is 3. The highest BCUT2D eigenvalue weighted by Gasteiger charge is 2.18. The number of thiazole rings is 1. The normalized spacial score (nSPS) is 13.4. The SMILES string of the molecule is CC(CNS(=O)(=O)c1cnn(CCCN)c1)c1nccs1. The molecule has 3 N–H and O–H groups in total. The van der Waals surface area contributed by atoms with Crippen LogP contribution in [0.4, 0.5) is 0 Å². The number of nitrogens with two attached hydrogens (primary N) is 1. The summed E-state index contributed by atoms with van der Waals surface area (Å²) in [5, 5.41) is 6.82. The first-order valence-corrected chi connectivity index (χ1v) is 9.01. The molecule has 1 unspecified atom stereocenters. The molecule has 2 heterocycles. The summed E-state index contributed by atoms with van der Waals surface area (Å²) >= 11 is 1.52. The van der Waals surface area contributed by atoms with E-state index in [1.165, 1.54) is 23.7 Å². The molecule has 0 saturated heterocycles. The first-order chi connectivity index (χ1) is 10.0. The van der Waals surface area contributed by atoms with Crippen molar-refractivity contribution in [3.8, 4) is 0 Å². The van der Waals surface area contributed by atoms with Gasteiger partial charge in [0.05, 0.1) is 11.2 Å². The second kappa shape index (κ2) is 7.12. The molecule has 0 spiro atoms. The van der Waals surface area contributed by atoms with Gasteiger partial charge in [-0.25, -0.2) is 18.1 Å². The molecule has 0 saturated carbocycles. The molecule has 21 heavy (non-hydrogen) atoms. The average molecular weight is 329 g/mol. The molecule has 0 aliphatic rings. The number of aryl methyl sites for hydroxylation is 1. The van der Waals surface area contributed by atoms with E-state index in [1.54, 1.807) is 10.9 Å². The first-order valence-electron chi connectivity index (χ1n) is 6.64. The fourth-order valence-corrected chi connectivity index (χ4v) is 3.52. The maximum Gasteiger partial charge on any atom is 0.243 e. The Kier molecular flexibility index (Phi) is 5.45. The molecule has 7 nitrogen and oxygen atoms in total. The van der Waals surface area contributed by atoms with E-state index in [2.05, 4.69) is 14.8 Å². The van der Waals surface area contributed by atoms with E-state index in [-0.39, 0.29) is 10.8 Å². The molecule has 0 radical (unpaired) electrons. The Hall–Kier alpha value is -1.29. The zero-order valence-corrected chi connectivity index (χ0v) is 13.4.